The van der Waals surface area contributed by atoms with E-state index in [4.69, 9.17) is 4.74 Å². The maximum absolute atomic E-state index is 10.6. The summed E-state index contributed by atoms with van der Waals surface area (Å²) in [5, 5.41) is 0. The van der Waals surface area contributed by atoms with Crippen molar-refractivity contribution in [2.75, 3.05) is 6.61 Å². The van der Waals surface area contributed by atoms with Crippen molar-refractivity contribution in [3.8, 4) is 5.75 Å². The van der Waals surface area contributed by atoms with E-state index < -0.39 is 5.97 Å². The maximum atomic E-state index is 10.6. The van der Waals surface area contributed by atoms with Crippen LogP contribution in [0.4, 0.5) is 0 Å². The first-order chi connectivity index (χ1) is 6.33. The molecule has 0 amide bonds. The van der Waals surface area contributed by atoms with E-state index in [1.54, 1.807) is 24.3 Å². The molecule has 1 rings (SSSR count). The van der Waals surface area contributed by atoms with Crippen molar-refractivity contribution in [1.82, 2.24) is 0 Å². The van der Waals surface area contributed by atoms with Crippen LogP contribution in [-0.4, -0.2) is 12.6 Å². The van der Waals surface area contributed by atoms with Gasteiger partial charge in [-0.15, -0.1) is 0 Å². The summed E-state index contributed by atoms with van der Waals surface area (Å²) in [6.45, 7) is -0.265. The molecule has 0 radical (unpaired) electrons. The summed E-state index contributed by atoms with van der Waals surface area (Å²) in [5.41, 5.74) is 0. The van der Waals surface area contributed by atoms with Crippen molar-refractivity contribution in [2.45, 2.75) is 0 Å². The Morgan fingerprint density at radius 2 is 2.08 bits per heavy atom. The molecule has 0 aromatic heterocycles. The first-order valence-corrected chi connectivity index (χ1v) is 4.09. The zero-order valence-electron chi connectivity index (χ0n) is 6.60. The van der Waals surface area contributed by atoms with Gasteiger partial charge in [-0.3, -0.25) is 0 Å². The van der Waals surface area contributed by atoms with Gasteiger partial charge in [-0.25, -0.2) is 4.79 Å². The van der Waals surface area contributed by atoms with Crippen LogP contribution in [0.2, 0.25) is 0 Å². The number of carbonyl (C=O) groups is 1. The van der Waals surface area contributed by atoms with Gasteiger partial charge >= 0.3 is 17.3 Å². The van der Waals surface area contributed by atoms with Gasteiger partial charge in [0.25, 0.3) is 0 Å². The summed E-state index contributed by atoms with van der Waals surface area (Å²) in [6, 6.07) is 8.79. The number of benzene rings is 1. The van der Waals surface area contributed by atoms with Crippen molar-refractivity contribution in [3.63, 3.8) is 0 Å². The Kier molecular flexibility index (Phi) is 4.08. The highest BCUT2D eigenvalue weighted by molar-refractivity contribution is 5.70. The Labute approximate surface area is 79.1 Å². The molecule has 0 saturated heterocycles. The average molecular weight is 203 g/mol. The van der Waals surface area contributed by atoms with Gasteiger partial charge in [0, 0.05) is 0 Å². The molecule has 5 heteroatoms. The highest BCUT2D eigenvalue weighted by Crippen LogP contribution is 2.07. The van der Waals surface area contributed by atoms with Crippen molar-refractivity contribution < 1.29 is 29.8 Å². The third-order valence-electron chi connectivity index (χ3n) is 1.22. The van der Waals surface area contributed by atoms with Crippen molar-refractivity contribution in [1.29, 1.82) is 0 Å². The topological polar surface area (TPSA) is 58.6 Å². The molecule has 0 unspecified atom stereocenters. The van der Waals surface area contributed by atoms with Crippen molar-refractivity contribution in [3.05, 3.63) is 30.3 Å². The summed E-state index contributed by atoms with van der Waals surface area (Å²) in [7, 11) is 0. The molecule has 0 aliphatic rings. The maximum Gasteiger partial charge on any atom is 0.413 e. The predicted molar refractivity (Wildman–Crippen MR) is 38.0 cm³/mol. The Morgan fingerprint density at radius 1 is 1.38 bits per heavy atom. The van der Waals surface area contributed by atoms with Crippen molar-refractivity contribution >= 4 is 5.97 Å². The standard InChI is InChI=1S/C8H7ClO4/c10-8(13-9-11)6-12-7-4-2-1-3-5-7/h1-5H,6H2. The van der Waals surface area contributed by atoms with Crippen LogP contribution in [0.5, 0.6) is 5.75 Å². The summed E-state index contributed by atoms with van der Waals surface area (Å²) in [6.07, 6.45) is 0. The highest BCUT2D eigenvalue weighted by atomic mass is 35.6. The van der Waals surface area contributed by atoms with Gasteiger partial charge in [0.15, 0.2) is 6.61 Å². The number of carbonyl (C=O) groups excluding carboxylic acids is 1. The zero-order valence-corrected chi connectivity index (χ0v) is 7.36. The van der Waals surface area contributed by atoms with Crippen LogP contribution < -0.4 is 9.40 Å². The lowest BCUT2D eigenvalue weighted by atomic mass is 10.3. The number of hydrogen-bond acceptors (Lipinski definition) is 4. The first-order valence-electron chi connectivity index (χ1n) is 3.47. The van der Waals surface area contributed by atoms with Gasteiger partial charge in [0.2, 0.25) is 0 Å². The molecule has 0 fully saturated rings. The van der Waals surface area contributed by atoms with Crippen LogP contribution in [0.15, 0.2) is 30.3 Å². The van der Waals surface area contributed by atoms with Gasteiger partial charge < -0.3 is 9.40 Å². The Bertz CT molecular complexity index is 262. The van der Waals surface area contributed by atoms with Gasteiger partial charge in [0.05, 0.1) is 0 Å². The molecule has 0 N–H and O–H groups in total. The van der Waals surface area contributed by atoms with E-state index in [0.717, 1.165) is 0 Å². The van der Waals surface area contributed by atoms with Crippen LogP contribution >= 0.6 is 0 Å². The van der Waals surface area contributed by atoms with Crippen LogP contribution in [-0.2, 0) is 9.08 Å². The molecule has 0 bridgehead atoms. The minimum absolute atomic E-state index is 0.185. The summed E-state index contributed by atoms with van der Waals surface area (Å²) >= 11 is 0.185. The summed E-state index contributed by atoms with van der Waals surface area (Å²) in [4.78, 5) is 10.6. The minimum atomic E-state index is -0.716. The first kappa shape index (κ1) is 9.83. The minimum Gasteiger partial charge on any atom is -0.495 e. The number of para-hydroxylation sites is 1. The molecule has 0 heterocycles. The lowest BCUT2D eigenvalue weighted by molar-refractivity contribution is -1.26. The number of ether oxygens (including phenoxy) is 1. The number of hydrogen-bond donors (Lipinski definition) is 0. The van der Waals surface area contributed by atoms with Crippen LogP contribution in [0.25, 0.3) is 0 Å². The zero-order chi connectivity index (χ0) is 9.52. The number of rotatable bonds is 4. The molecule has 13 heavy (non-hydrogen) atoms. The third-order valence-corrected chi connectivity index (χ3v) is 1.45. The molecular formula is C8H7ClO4. The summed E-state index contributed by atoms with van der Waals surface area (Å²) < 4.78 is 18.7. The molecule has 1 aromatic rings. The second kappa shape index (κ2) is 5.40. The van der Waals surface area contributed by atoms with Gasteiger partial charge in [-0.1, -0.05) is 18.2 Å². The molecule has 0 atom stereocenters. The van der Waals surface area contributed by atoms with Crippen LogP contribution in [0.1, 0.15) is 0 Å². The molecule has 0 aliphatic carbocycles. The van der Waals surface area contributed by atoms with Crippen LogP contribution in [0.3, 0.4) is 0 Å². The van der Waals surface area contributed by atoms with E-state index in [1.165, 1.54) is 0 Å². The Balaban J connectivity index is 2.31. The van der Waals surface area contributed by atoms with Crippen LogP contribution in [0, 0.1) is 11.3 Å². The van der Waals surface area contributed by atoms with E-state index in [9.17, 15) is 9.45 Å². The lowest BCUT2D eigenvalue weighted by Crippen LogP contribution is -2.17. The van der Waals surface area contributed by atoms with E-state index in [-0.39, 0.29) is 17.9 Å². The Hall–Kier alpha value is -1.26. The van der Waals surface area contributed by atoms with E-state index in [1.807, 2.05) is 6.07 Å². The fourth-order valence-electron chi connectivity index (χ4n) is 0.716. The smallest absolute Gasteiger partial charge is 0.413 e. The quantitative estimate of drug-likeness (QED) is 0.683. The molecule has 1 aromatic carbocycles. The van der Waals surface area contributed by atoms with E-state index in [2.05, 4.69) is 4.29 Å². The van der Waals surface area contributed by atoms with Gasteiger partial charge in [-0.05, 0) is 12.1 Å². The fraction of sp³-hybridized carbons (Fsp3) is 0.125. The lowest BCUT2D eigenvalue weighted by Gasteiger charge is -2.00. The summed E-state index contributed by atoms with van der Waals surface area (Å²) in [5.74, 6) is -0.157. The predicted octanol–water partition coefficient (Wildman–Crippen LogP) is -0.116. The second-order valence-corrected chi connectivity index (χ2v) is 2.39. The third kappa shape index (κ3) is 3.78. The normalized spacial score (nSPS) is 9.31. The fourth-order valence-corrected chi connectivity index (χ4v) is 0.831. The highest BCUT2D eigenvalue weighted by Gasteiger charge is 2.08. The SMILES string of the molecule is O=C(COc1ccccc1)O[Cl+][O-]. The van der Waals surface area contributed by atoms with Crippen molar-refractivity contribution in [2.24, 2.45) is 0 Å². The molecule has 4 nitrogen and oxygen atoms in total. The van der Waals surface area contributed by atoms with E-state index in [0.29, 0.717) is 5.75 Å². The van der Waals surface area contributed by atoms with Gasteiger partial charge in [-0.2, -0.15) is 4.29 Å². The molecule has 0 saturated carbocycles. The average Bonchev–Trinajstić information content (AvgIpc) is 2.17. The molecular weight excluding hydrogens is 196 g/mol. The second-order valence-electron chi connectivity index (χ2n) is 2.11. The largest absolute Gasteiger partial charge is 0.495 e. The monoisotopic (exact) mass is 202 g/mol. The Morgan fingerprint density at radius 3 is 2.69 bits per heavy atom. The molecule has 70 valence electrons. The number of halogens is 1. The van der Waals surface area contributed by atoms with Gasteiger partial charge in [0.1, 0.15) is 5.75 Å². The van der Waals surface area contributed by atoms with E-state index >= 15 is 0 Å². The molecule has 0 spiro atoms. The molecule has 0 aliphatic heterocycles.